The summed E-state index contributed by atoms with van der Waals surface area (Å²) in [5.41, 5.74) is 1.28. The van der Waals surface area contributed by atoms with Crippen molar-refractivity contribution in [1.82, 2.24) is 20.6 Å². The molecule has 1 fully saturated rings. The second-order valence-electron chi connectivity index (χ2n) is 7.10. The Hall–Kier alpha value is -2.67. The van der Waals surface area contributed by atoms with Crippen LogP contribution in [-0.4, -0.2) is 41.5 Å². The number of hydrogen-bond donors (Lipinski definition) is 2. The largest absolute Gasteiger partial charge is 0.496 e. The normalized spacial score (nSPS) is 18.7. The summed E-state index contributed by atoms with van der Waals surface area (Å²) in [6, 6.07) is 5.01. The number of methoxy groups -OCH3 is 1. The van der Waals surface area contributed by atoms with Gasteiger partial charge in [0.2, 0.25) is 5.91 Å². The first-order valence-corrected chi connectivity index (χ1v) is 10.1. The molecule has 0 saturated heterocycles. The molecule has 154 valence electrons. The van der Waals surface area contributed by atoms with E-state index < -0.39 is 0 Å². The van der Waals surface area contributed by atoms with Crippen molar-refractivity contribution in [2.24, 2.45) is 5.92 Å². The second kappa shape index (κ2) is 10.2. The van der Waals surface area contributed by atoms with Gasteiger partial charge in [0.15, 0.2) is 0 Å². The topological polar surface area (TPSA) is 93.2 Å². The van der Waals surface area contributed by atoms with Crippen molar-refractivity contribution < 1.29 is 14.3 Å². The lowest BCUT2D eigenvalue weighted by Gasteiger charge is -2.28. The van der Waals surface area contributed by atoms with E-state index in [1.54, 1.807) is 36.8 Å². The highest BCUT2D eigenvalue weighted by molar-refractivity contribution is 6.31. The van der Waals surface area contributed by atoms with Crippen molar-refractivity contribution in [3.63, 3.8) is 0 Å². The van der Waals surface area contributed by atoms with Gasteiger partial charge in [0, 0.05) is 48.5 Å². The molecule has 1 aromatic heterocycles. The fraction of sp³-hybridized carbons (Fsp3) is 0.429. The lowest BCUT2D eigenvalue weighted by molar-refractivity contribution is -0.126. The molecule has 8 heteroatoms. The summed E-state index contributed by atoms with van der Waals surface area (Å²) in [7, 11) is 1.52. The van der Waals surface area contributed by atoms with Crippen molar-refractivity contribution in [1.29, 1.82) is 0 Å². The number of ether oxygens (including phenoxy) is 1. The highest BCUT2D eigenvalue weighted by Crippen LogP contribution is 2.26. The van der Waals surface area contributed by atoms with Crippen LogP contribution in [0, 0.1) is 5.92 Å². The van der Waals surface area contributed by atoms with E-state index in [4.69, 9.17) is 16.3 Å². The maximum atomic E-state index is 12.6. The minimum absolute atomic E-state index is 0.0225. The zero-order chi connectivity index (χ0) is 20.6. The number of aromatic nitrogens is 2. The van der Waals surface area contributed by atoms with Crippen LogP contribution >= 0.6 is 11.6 Å². The Morgan fingerprint density at radius 2 is 2.00 bits per heavy atom. The van der Waals surface area contributed by atoms with Gasteiger partial charge in [-0.1, -0.05) is 11.6 Å². The Balaban J connectivity index is 1.43. The lowest BCUT2D eigenvalue weighted by Crippen LogP contribution is -2.41. The molecule has 0 radical (unpaired) electrons. The summed E-state index contributed by atoms with van der Waals surface area (Å²) in [6.07, 6.45) is 8.64. The minimum Gasteiger partial charge on any atom is -0.496 e. The Bertz CT molecular complexity index is 839. The molecule has 1 saturated carbocycles. The van der Waals surface area contributed by atoms with E-state index in [0.29, 0.717) is 29.3 Å². The third-order valence-electron chi connectivity index (χ3n) is 5.14. The van der Waals surface area contributed by atoms with Gasteiger partial charge in [0.1, 0.15) is 5.75 Å². The first kappa shape index (κ1) is 21.0. The molecular weight excluding hydrogens is 392 g/mol. The summed E-state index contributed by atoms with van der Waals surface area (Å²) in [4.78, 5) is 33.2. The summed E-state index contributed by atoms with van der Waals surface area (Å²) in [5, 5.41) is 6.50. The zero-order valence-electron chi connectivity index (χ0n) is 16.4. The van der Waals surface area contributed by atoms with Gasteiger partial charge < -0.3 is 15.4 Å². The van der Waals surface area contributed by atoms with Gasteiger partial charge in [0.05, 0.1) is 18.4 Å². The van der Waals surface area contributed by atoms with Crippen LogP contribution in [-0.2, 0) is 11.2 Å². The van der Waals surface area contributed by atoms with Crippen molar-refractivity contribution in [2.75, 3.05) is 13.7 Å². The third-order valence-corrected chi connectivity index (χ3v) is 5.37. The quantitative estimate of drug-likeness (QED) is 0.723. The third kappa shape index (κ3) is 5.90. The molecule has 2 N–H and O–H groups in total. The number of nitrogens with zero attached hydrogens (tertiary/aromatic N) is 2. The van der Waals surface area contributed by atoms with Crippen LogP contribution < -0.4 is 15.4 Å². The smallest absolute Gasteiger partial charge is 0.255 e. The first-order valence-electron chi connectivity index (χ1n) is 9.74. The van der Waals surface area contributed by atoms with Gasteiger partial charge in [0.25, 0.3) is 5.91 Å². The average Bonchev–Trinajstić information content (AvgIpc) is 2.75. The Morgan fingerprint density at radius 3 is 2.69 bits per heavy atom. The number of carbonyl (C=O) groups is 2. The van der Waals surface area contributed by atoms with Crippen LogP contribution in [0.4, 0.5) is 0 Å². The monoisotopic (exact) mass is 416 g/mol. The van der Waals surface area contributed by atoms with Crippen molar-refractivity contribution >= 4 is 23.4 Å². The standard InChI is InChI=1S/C21H25ClN4O3/c1-29-19-7-4-15(22)12-18(19)21(28)26-16-5-2-14(3-6-16)20(27)25-9-8-17-13-23-10-11-24-17/h4,7,10-14,16H,2-3,5-6,8-9H2,1H3,(H,25,27)(H,26,28). The molecule has 1 heterocycles. The van der Waals surface area contributed by atoms with Gasteiger partial charge in [-0.05, 0) is 43.9 Å². The molecule has 0 bridgehead atoms. The van der Waals surface area contributed by atoms with Crippen LogP contribution in [0.5, 0.6) is 5.75 Å². The lowest BCUT2D eigenvalue weighted by atomic mass is 9.85. The van der Waals surface area contributed by atoms with E-state index in [9.17, 15) is 9.59 Å². The molecule has 0 atom stereocenters. The number of carbonyl (C=O) groups excluding carboxylic acids is 2. The van der Waals surface area contributed by atoms with Crippen molar-refractivity contribution in [3.05, 3.63) is 53.1 Å². The number of benzene rings is 1. The molecule has 1 aromatic carbocycles. The van der Waals surface area contributed by atoms with Crippen molar-refractivity contribution in [3.8, 4) is 5.75 Å². The number of hydrogen-bond acceptors (Lipinski definition) is 5. The second-order valence-corrected chi connectivity index (χ2v) is 7.54. The molecule has 3 rings (SSSR count). The SMILES string of the molecule is COc1ccc(Cl)cc1C(=O)NC1CCC(C(=O)NCCc2cnccn2)CC1. The fourth-order valence-corrected chi connectivity index (χ4v) is 3.71. The summed E-state index contributed by atoms with van der Waals surface area (Å²) >= 11 is 6.01. The van der Waals surface area contributed by atoms with Gasteiger partial charge in [-0.25, -0.2) is 0 Å². The summed E-state index contributed by atoms with van der Waals surface area (Å²) in [6.45, 7) is 0.544. The van der Waals surface area contributed by atoms with E-state index in [1.165, 1.54) is 7.11 Å². The molecule has 1 aliphatic carbocycles. The highest BCUT2D eigenvalue weighted by Gasteiger charge is 2.27. The number of nitrogens with one attached hydrogen (secondary N) is 2. The van der Waals surface area contributed by atoms with E-state index in [0.717, 1.165) is 31.4 Å². The Morgan fingerprint density at radius 1 is 1.21 bits per heavy atom. The minimum atomic E-state index is -0.207. The van der Waals surface area contributed by atoms with Gasteiger partial charge in [-0.2, -0.15) is 0 Å². The molecule has 29 heavy (non-hydrogen) atoms. The molecule has 0 aliphatic heterocycles. The fourth-order valence-electron chi connectivity index (χ4n) is 3.54. The predicted octanol–water partition coefficient (Wildman–Crippen LogP) is 2.79. The Labute approximate surface area is 175 Å². The molecule has 0 unspecified atom stereocenters. The van der Waals surface area contributed by atoms with Gasteiger partial charge in [-0.15, -0.1) is 0 Å². The maximum absolute atomic E-state index is 12.6. The summed E-state index contributed by atoms with van der Waals surface area (Å²) < 4.78 is 5.25. The van der Waals surface area contributed by atoms with E-state index in [2.05, 4.69) is 20.6 Å². The van der Waals surface area contributed by atoms with Crippen LogP contribution in [0.3, 0.4) is 0 Å². The molecule has 0 spiro atoms. The first-order chi connectivity index (χ1) is 14.1. The number of halogens is 1. The van der Waals surface area contributed by atoms with E-state index in [1.807, 2.05) is 0 Å². The Kier molecular flexibility index (Phi) is 7.41. The predicted molar refractivity (Wildman–Crippen MR) is 110 cm³/mol. The summed E-state index contributed by atoms with van der Waals surface area (Å²) in [5.74, 6) is 0.324. The molecule has 7 nitrogen and oxygen atoms in total. The maximum Gasteiger partial charge on any atom is 0.255 e. The molecule has 2 aromatic rings. The zero-order valence-corrected chi connectivity index (χ0v) is 17.1. The highest BCUT2D eigenvalue weighted by atomic mass is 35.5. The van der Waals surface area contributed by atoms with Gasteiger partial charge >= 0.3 is 0 Å². The van der Waals surface area contributed by atoms with E-state index >= 15 is 0 Å². The number of amides is 2. The molecule has 1 aliphatic rings. The van der Waals surface area contributed by atoms with Gasteiger partial charge in [-0.3, -0.25) is 19.6 Å². The molecule has 2 amide bonds. The van der Waals surface area contributed by atoms with Crippen LogP contribution in [0.25, 0.3) is 0 Å². The van der Waals surface area contributed by atoms with Crippen LogP contribution in [0.1, 0.15) is 41.7 Å². The average molecular weight is 417 g/mol. The van der Waals surface area contributed by atoms with Crippen LogP contribution in [0.2, 0.25) is 5.02 Å². The van der Waals surface area contributed by atoms with Crippen molar-refractivity contribution in [2.45, 2.75) is 38.1 Å². The van der Waals surface area contributed by atoms with Crippen LogP contribution in [0.15, 0.2) is 36.8 Å². The molecular formula is C21H25ClN4O3. The number of rotatable bonds is 7. The van der Waals surface area contributed by atoms with E-state index in [-0.39, 0.29) is 23.8 Å².